The third-order valence-corrected chi connectivity index (χ3v) is 5.82. The molecule has 130 valence electrons. The van der Waals surface area contributed by atoms with Gasteiger partial charge in [0.05, 0.1) is 12.5 Å². The maximum Gasteiger partial charge on any atom is 0.318 e. The molecule has 5 nitrogen and oxygen atoms in total. The van der Waals surface area contributed by atoms with Gasteiger partial charge >= 0.3 is 5.97 Å². The first-order chi connectivity index (χ1) is 12.1. The number of rotatable bonds is 5. The average molecular weight is 374 g/mol. The zero-order valence-electron chi connectivity index (χ0n) is 14.2. The Bertz CT molecular complexity index is 964. The van der Waals surface area contributed by atoms with E-state index in [2.05, 4.69) is 4.98 Å². The first-order valence-corrected chi connectivity index (χ1v) is 9.64. The van der Waals surface area contributed by atoms with E-state index in [0.29, 0.717) is 21.9 Å². The number of esters is 1. The van der Waals surface area contributed by atoms with Gasteiger partial charge in [0, 0.05) is 17.5 Å². The summed E-state index contributed by atoms with van der Waals surface area (Å²) in [5.74, 6) is -0.335. The predicted octanol–water partition coefficient (Wildman–Crippen LogP) is 3.80. The van der Waals surface area contributed by atoms with Crippen molar-refractivity contribution in [1.29, 1.82) is 0 Å². The molecule has 0 aliphatic heterocycles. The molecule has 1 aromatic carbocycles. The molecule has 2 aromatic heterocycles. The van der Waals surface area contributed by atoms with Crippen molar-refractivity contribution < 1.29 is 9.53 Å². The lowest BCUT2D eigenvalue weighted by atomic mass is 10.1. The molecule has 0 aliphatic carbocycles. The number of hydrogen-bond donors (Lipinski definition) is 0. The number of carbonyl (C=O) groups excluding carboxylic acids is 1. The van der Waals surface area contributed by atoms with Gasteiger partial charge in [0.1, 0.15) is 10.1 Å². The first kappa shape index (κ1) is 17.7. The summed E-state index contributed by atoms with van der Waals surface area (Å²) in [5, 5.41) is 2.71. The molecule has 0 amide bonds. The van der Waals surface area contributed by atoms with Gasteiger partial charge < -0.3 is 4.74 Å². The number of aromatic nitrogens is 2. The largest absolute Gasteiger partial charge is 0.468 e. The average Bonchev–Trinajstić information content (AvgIpc) is 3.06. The lowest BCUT2D eigenvalue weighted by Gasteiger charge is -2.13. The van der Waals surface area contributed by atoms with Gasteiger partial charge in [-0.05, 0) is 19.4 Å². The van der Waals surface area contributed by atoms with E-state index in [-0.39, 0.29) is 11.5 Å². The molecule has 3 rings (SSSR count). The molecule has 0 saturated carbocycles. The van der Waals surface area contributed by atoms with Crippen molar-refractivity contribution in [3.05, 3.63) is 46.1 Å². The van der Waals surface area contributed by atoms with Crippen molar-refractivity contribution >= 4 is 39.3 Å². The van der Waals surface area contributed by atoms with Gasteiger partial charge in [-0.1, -0.05) is 42.1 Å². The van der Waals surface area contributed by atoms with E-state index in [9.17, 15) is 9.59 Å². The van der Waals surface area contributed by atoms with Crippen LogP contribution < -0.4 is 5.56 Å². The Morgan fingerprint density at radius 2 is 2.08 bits per heavy atom. The zero-order valence-corrected chi connectivity index (χ0v) is 15.8. The number of ether oxygens (including phenoxy) is 1. The van der Waals surface area contributed by atoms with Crippen molar-refractivity contribution in [2.75, 3.05) is 7.11 Å². The van der Waals surface area contributed by atoms with Crippen molar-refractivity contribution in [1.82, 2.24) is 9.55 Å². The number of fused-ring (bicyclic) bond motifs is 1. The monoisotopic (exact) mass is 374 g/mol. The second-order valence-corrected chi connectivity index (χ2v) is 7.59. The Kier molecular flexibility index (Phi) is 5.24. The summed E-state index contributed by atoms with van der Waals surface area (Å²) < 4.78 is 6.38. The van der Waals surface area contributed by atoms with Gasteiger partial charge in [0.15, 0.2) is 5.16 Å². The third kappa shape index (κ3) is 3.34. The maximum atomic E-state index is 13.1. The van der Waals surface area contributed by atoms with Crippen LogP contribution in [-0.2, 0) is 16.1 Å². The minimum atomic E-state index is -0.430. The molecule has 2 heterocycles. The number of thiophene rings is 1. The second-order valence-electron chi connectivity index (χ2n) is 5.42. The molecule has 25 heavy (non-hydrogen) atoms. The summed E-state index contributed by atoms with van der Waals surface area (Å²) in [4.78, 5) is 30.1. The van der Waals surface area contributed by atoms with Crippen LogP contribution >= 0.6 is 23.1 Å². The minimum absolute atomic E-state index is 0.0767. The number of thioether (sulfide) groups is 1. The van der Waals surface area contributed by atoms with Crippen LogP contribution in [0, 0.1) is 0 Å². The van der Waals surface area contributed by atoms with E-state index >= 15 is 0 Å². The van der Waals surface area contributed by atoms with Crippen molar-refractivity contribution in [2.24, 2.45) is 0 Å². The summed E-state index contributed by atoms with van der Waals surface area (Å²) in [6.45, 7) is 4.13. The molecule has 1 atom stereocenters. The molecule has 0 unspecified atom stereocenters. The van der Waals surface area contributed by atoms with Crippen LogP contribution in [0.15, 0.2) is 45.7 Å². The lowest BCUT2D eigenvalue weighted by molar-refractivity contribution is -0.139. The summed E-state index contributed by atoms with van der Waals surface area (Å²) in [6.07, 6.45) is 0. The number of hydrogen-bond acceptors (Lipinski definition) is 6. The molecule has 0 spiro atoms. The fourth-order valence-corrected chi connectivity index (χ4v) is 4.56. The second kappa shape index (κ2) is 7.41. The van der Waals surface area contributed by atoms with Crippen LogP contribution in [0.4, 0.5) is 0 Å². The maximum absolute atomic E-state index is 13.1. The predicted molar refractivity (Wildman–Crippen MR) is 102 cm³/mol. The number of benzene rings is 1. The van der Waals surface area contributed by atoms with Gasteiger partial charge in [0.25, 0.3) is 5.56 Å². The lowest BCUT2D eigenvalue weighted by Crippen LogP contribution is -2.24. The number of nitrogens with zero attached hydrogens (tertiary/aromatic N) is 2. The number of carbonyl (C=O) groups is 1. The minimum Gasteiger partial charge on any atom is -0.468 e. The Labute approximate surface area is 153 Å². The fraction of sp³-hybridized carbons (Fsp3) is 0.278. The Morgan fingerprint density at radius 3 is 2.72 bits per heavy atom. The van der Waals surface area contributed by atoms with Crippen LogP contribution in [0.5, 0.6) is 0 Å². The van der Waals surface area contributed by atoms with E-state index < -0.39 is 5.25 Å². The van der Waals surface area contributed by atoms with Crippen molar-refractivity contribution in [2.45, 2.75) is 30.8 Å². The standard InChI is InChI=1S/C18H18N2O3S2/c1-4-20-16(21)14-13(12-8-6-5-7-9-12)10-24-15(14)19-18(20)25-11(2)17(22)23-3/h5-11H,4H2,1-3H3/t11-/m0/s1. The molecular formula is C18H18N2O3S2. The van der Waals surface area contributed by atoms with E-state index in [1.165, 1.54) is 30.2 Å². The summed E-state index contributed by atoms with van der Waals surface area (Å²) >= 11 is 2.69. The molecule has 0 fully saturated rings. The van der Waals surface area contributed by atoms with E-state index in [0.717, 1.165) is 11.1 Å². The quantitative estimate of drug-likeness (QED) is 0.386. The number of methoxy groups -OCH3 is 1. The van der Waals surface area contributed by atoms with Crippen molar-refractivity contribution in [3.63, 3.8) is 0 Å². The molecule has 0 aliphatic rings. The molecule has 0 radical (unpaired) electrons. The van der Waals surface area contributed by atoms with E-state index in [1.54, 1.807) is 11.5 Å². The summed E-state index contributed by atoms with van der Waals surface area (Å²) in [7, 11) is 1.36. The summed E-state index contributed by atoms with van der Waals surface area (Å²) in [6, 6.07) is 9.82. The Morgan fingerprint density at radius 1 is 1.36 bits per heavy atom. The SMILES string of the molecule is CCn1c(S[C@@H](C)C(=O)OC)nc2scc(-c3ccccc3)c2c1=O. The highest BCUT2D eigenvalue weighted by Gasteiger charge is 2.21. The highest BCUT2D eigenvalue weighted by molar-refractivity contribution is 8.00. The highest BCUT2D eigenvalue weighted by Crippen LogP contribution is 2.32. The molecule has 7 heteroatoms. The van der Waals surface area contributed by atoms with Gasteiger partial charge in [-0.15, -0.1) is 11.3 Å². The van der Waals surface area contributed by atoms with Gasteiger partial charge in [-0.2, -0.15) is 0 Å². The fourth-order valence-electron chi connectivity index (χ4n) is 2.58. The normalized spacial score (nSPS) is 12.3. The third-order valence-electron chi connectivity index (χ3n) is 3.88. The van der Waals surface area contributed by atoms with Crippen LogP contribution in [-0.4, -0.2) is 27.9 Å². The van der Waals surface area contributed by atoms with Crippen LogP contribution in [0.2, 0.25) is 0 Å². The van der Waals surface area contributed by atoms with Gasteiger partial charge in [0.2, 0.25) is 0 Å². The van der Waals surface area contributed by atoms with Gasteiger partial charge in [-0.3, -0.25) is 14.2 Å². The summed E-state index contributed by atoms with van der Waals surface area (Å²) in [5.41, 5.74) is 1.82. The first-order valence-electron chi connectivity index (χ1n) is 7.88. The van der Waals surface area contributed by atoms with E-state index in [4.69, 9.17) is 4.74 Å². The smallest absolute Gasteiger partial charge is 0.318 e. The van der Waals surface area contributed by atoms with E-state index in [1.807, 2.05) is 42.6 Å². The van der Waals surface area contributed by atoms with Crippen LogP contribution in [0.1, 0.15) is 13.8 Å². The topological polar surface area (TPSA) is 61.2 Å². The Hall–Kier alpha value is -2.12. The molecule has 0 N–H and O–H groups in total. The molecule has 0 bridgehead atoms. The zero-order chi connectivity index (χ0) is 18.0. The van der Waals surface area contributed by atoms with Crippen LogP contribution in [0.25, 0.3) is 21.3 Å². The molecular weight excluding hydrogens is 356 g/mol. The Balaban J connectivity index is 2.14. The molecule has 0 saturated heterocycles. The highest BCUT2D eigenvalue weighted by atomic mass is 32.2. The molecule has 3 aromatic rings. The van der Waals surface area contributed by atoms with Gasteiger partial charge in [-0.25, -0.2) is 4.98 Å². The van der Waals surface area contributed by atoms with Crippen LogP contribution in [0.3, 0.4) is 0 Å². The van der Waals surface area contributed by atoms with Crippen molar-refractivity contribution in [3.8, 4) is 11.1 Å².